The predicted molar refractivity (Wildman–Crippen MR) is 88.1 cm³/mol. The average Bonchev–Trinajstić information content (AvgIpc) is 2.42. The second-order valence-electron chi connectivity index (χ2n) is 5.96. The van der Waals surface area contributed by atoms with Crippen LogP contribution in [0.5, 0.6) is 0 Å². The molecule has 0 aromatic carbocycles. The minimum atomic E-state index is 0.511. The summed E-state index contributed by atoms with van der Waals surface area (Å²) in [6, 6.07) is 0.511. The lowest BCUT2D eigenvalue weighted by atomic mass is 9.80. The van der Waals surface area contributed by atoms with Gasteiger partial charge in [0.2, 0.25) is 5.95 Å². The monoisotopic (exact) mass is 340 g/mol. The second kappa shape index (κ2) is 7.25. The Kier molecular flexibility index (Phi) is 5.64. The summed E-state index contributed by atoms with van der Waals surface area (Å²) in [6.07, 6.45) is 6.70. The standard InChI is InChI=1S/C15H25BrN4/c1-4-7-17-15-18-9-12(16)14(20-15)19-13-6-5-10(2)8-11(13)3/h9-11,13H,4-8H2,1-3H3,(H2,17,18,19,20). The number of anilines is 2. The van der Waals surface area contributed by atoms with Crippen LogP contribution in [0.25, 0.3) is 0 Å². The highest BCUT2D eigenvalue weighted by atomic mass is 79.9. The van der Waals surface area contributed by atoms with Crippen LogP contribution in [0.3, 0.4) is 0 Å². The van der Waals surface area contributed by atoms with Gasteiger partial charge in [0.05, 0.1) is 4.47 Å². The maximum Gasteiger partial charge on any atom is 0.224 e. The van der Waals surface area contributed by atoms with Gasteiger partial charge in [-0.2, -0.15) is 4.98 Å². The molecule has 5 heteroatoms. The summed E-state index contributed by atoms with van der Waals surface area (Å²) in [5.74, 6) is 3.14. The van der Waals surface area contributed by atoms with Gasteiger partial charge in [-0.1, -0.05) is 20.8 Å². The fourth-order valence-electron chi connectivity index (χ4n) is 2.85. The summed E-state index contributed by atoms with van der Waals surface area (Å²) in [5.41, 5.74) is 0. The maximum atomic E-state index is 4.58. The van der Waals surface area contributed by atoms with Crippen LogP contribution in [-0.2, 0) is 0 Å². The molecule has 1 saturated carbocycles. The SMILES string of the molecule is CCCNc1ncc(Br)c(NC2CCC(C)CC2C)n1. The molecule has 1 fully saturated rings. The molecular weight excluding hydrogens is 316 g/mol. The van der Waals surface area contributed by atoms with Crippen LogP contribution < -0.4 is 10.6 Å². The Morgan fingerprint density at radius 1 is 1.35 bits per heavy atom. The van der Waals surface area contributed by atoms with E-state index in [2.05, 4.69) is 57.3 Å². The Hall–Kier alpha value is -0.840. The van der Waals surface area contributed by atoms with E-state index in [9.17, 15) is 0 Å². The van der Waals surface area contributed by atoms with E-state index in [0.29, 0.717) is 17.9 Å². The van der Waals surface area contributed by atoms with Gasteiger partial charge in [0.25, 0.3) is 0 Å². The van der Waals surface area contributed by atoms with Gasteiger partial charge in [0.15, 0.2) is 0 Å². The number of rotatable bonds is 5. The number of nitrogens with one attached hydrogen (secondary N) is 2. The Bertz CT molecular complexity index is 438. The molecule has 112 valence electrons. The lowest BCUT2D eigenvalue weighted by Crippen LogP contribution is -2.33. The van der Waals surface area contributed by atoms with Crippen molar-refractivity contribution in [3.63, 3.8) is 0 Å². The first kappa shape index (κ1) is 15.5. The number of nitrogens with zero attached hydrogens (tertiary/aromatic N) is 2. The molecule has 3 atom stereocenters. The van der Waals surface area contributed by atoms with Crippen LogP contribution in [-0.4, -0.2) is 22.6 Å². The molecule has 0 saturated heterocycles. The van der Waals surface area contributed by atoms with E-state index in [-0.39, 0.29) is 0 Å². The molecule has 2 rings (SSSR count). The van der Waals surface area contributed by atoms with E-state index >= 15 is 0 Å². The highest BCUT2D eigenvalue weighted by Crippen LogP contribution is 2.32. The molecule has 0 radical (unpaired) electrons. The number of hydrogen-bond donors (Lipinski definition) is 2. The first-order valence-corrected chi connectivity index (χ1v) is 8.42. The normalized spacial score (nSPS) is 26.3. The molecule has 0 aliphatic heterocycles. The van der Waals surface area contributed by atoms with Gasteiger partial charge in [-0.05, 0) is 53.4 Å². The van der Waals surface area contributed by atoms with Crippen molar-refractivity contribution in [3.8, 4) is 0 Å². The lowest BCUT2D eigenvalue weighted by Gasteiger charge is -2.33. The van der Waals surface area contributed by atoms with E-state index in [1.165, 1.54) is 19.3 Å². The first-order valence-electron chi connectivity index (χ1n) is 7.63. The van der Waals surface area contributed by atoms with Crippen molar-refractivity contribution in [2.24, 2.45) is 11.8 Å². The van der Waals surface area contributed by atoms with Crippen LogP contribution in [0.1, 0.15) is 46.5 Å². The maximum absolute atomic E-state index is 4.58. The molecule has 1 aliphatic rings. The van der Waals surface area contributed by atoms with Crippen LogP contribution in [0.4, 0.5) is 11.8 Å². The fourth-order valence-corrected chi connectivity index (χ4v) is 3.15. The fraction of sp³-hybridized carbons (Fsp3) is 0.733. The third-order valence-corrected chi connectivity index (χ3v) is 4.61. The molecule has 2 N–H and O–H groups in total. The van der Waals surface area contributed by atoms with Gasteiger partial charge >= 0.3 is 0 Å². The summed E-state index contributed by atoms with van der Waals surface area (Å²) < 4.78 is 0.936. The van der Waals surface area contributed by atoms with E-state index in [4.69, 9.17) is 0 Å². The molecule has 4 nitrogen and oxygen atoms in total. The van der Waals surface area contributed by atoms with Gasteiger partial charge in [-0.3, -0.25) is 0 Å². The number of halogens is 1. The van der Waals surface area contributed by atoms with Crippen LogP contribution in [0.2, 0.25) is 0 Å². The van der Waals surface area contributed by atoms with Crippen molar-refractivity contribution >= 4 is 27.7 Å². The number of aromatic nitrogens is 2. The smallest absolute Gasteiger partial charge is 0.224 e. The van der Waals surface area contributed by atoms with Crippen molar-refractivity contribution in [2.45, 2.75) is 52.5 Å². The summed E-state index contributed by atoms with van der Waals surface area (Å²) in [4.78, 5) is 8.87. The van der Waals surface area contributed by atoms with Crippen molar-refractivity contribution in [3.05, 3.63) is 10.7 Å². The lowest BCUT2D eigenvalue weighted by molar-refractivity contribution is 0.276. The molecule has 1 heterocycles. The molecule has 0 amide bonds. The molecule has 3 unspecified atom stereocenters. The van der Waals surface area contributed by atoms with Gasteiger partial charge in [0, 0.05) is 18.8 Å². The molecule has 20 heavy (non-hydrogen) atoms. The van der Waals surface area contributed by atoms with E-state index in [1.54, 1.807) is 0 Å². The Labute approximate surface area is 130 Å². The summed E-state index contributed by atoms with van der Waals surface area (Å²) in [6.45, 7) is 7.72. The zero-order valence-electron chi connectivity index (χ0n) is 12.6. The van der Waals surface area contributed by atoms with Crippen LogP contribution in [0.15, 0.2) is 10.7 Å². The van der Waals surface area contributed by atoms with Crippen molar-refractivity contribution in [1.82, 2.24) is 9.97 Å². The number of hydrogen-bond acceptors (Lipinski definition) is 4. The third-order valence-electron chi connectivity index (χ3n) is 4.03. The average molecular weight is 341 g/mol. The van der Waals surface area contributed by atoms with E-state index in [1.807, 2.05) is 6.20 Å². The molecule has 0 spiro atoms. The summed E-state index contributed by atoms with van der Waals surface area (Å²) in [5, 5.41) is 6.83. The quantitative estimate of drug-likeness (QED) is 0.838. The van der Waals surface area contributed by atoms with Gasteiger partial charge in [-0.25, -0.2) is 4.98 Å². The zero-order chi connectivity index (χ0) is 14.5. The van der Waals surface area contributed by atoms with Gasteiger partial charge in [-0.15, -0.1) is 0 Å². The molecule has 1 aliphatic carbocycles. The minimum absolute atomic E-state index is 0.511. The Morgan fingerprint density at radius 2 is 2.15 bits per heavy atom. The summed E-state index contributed by atoms with van der Waals surface area (Å²) in [7, 11) is 0. The van der Waals surface area contributed by atoms with Crippen molar-refractivity contribution in [2.75, 3.05) is 17.2 Å². The second-order valence-corrected chi connectivity index (χ2v) is 6.82. The van der Waals surface area contributed by atoms with Gasteiger partial charge in [0.1, 0.15) is 5.82 Å². The molecule has 1 aromatic heterocycles. The van der Waals surface area contributed by atoms with Gasteiger partial charge < -0.3 is 10.6 Å². The molecular formula is C15H25BrN4. The van der Waals surface area contributed by atoms with Crippen molar-refractivity contribution < 1.29 is 0 Å². The first-order chi connectivity index (χ1) is 9.60. The van der Waals surface area contributed by atoms with Crippen LogP contribution >= 0.6 is 15.9 Å². The van der Waals surface area contributed by atoms with E-state index < -0.39 is 0 Å². The van der Waals surface area contributed by atoms with Crippen molar-refractivity contribution in [1.29, 1.82) is 0 Å². The molecule has 0 bridgehead atoms. The predicted octanol–water partition coefficient (Wildman–Crippen LogP) is 4.30. The zero-order valence-corrected chi connectivity index (χ0v) is 14.2. The minimum Gasteiger partial charge on any atom is -0.366 e. The Balaban J connectivity index is 2.04. The highest BCUT2D eigenvalue weighted by molar-refractivity contribution is 9.10. The molecule has 1 aromatic rings. The highest BCUT2D eigenvalue weighted by Gasteiger charge is 2.26. The third kappa shape index (κ3) is 4.08. The largest absolute Gasteiger partial charge is 0.366 e. The topological polar surface area (TPSA) is 49.8 Å². The van der Waals surface area contributed by atoms with Crippen LogP contribution in [0, 0.1) is 11.8 Å². The summed E-state index contributed by atoms with van der Waals surface area (Å²) >= 11 is 3.54. The van der Waals surface area contributed by atoms with E-state index in [0.717, 1.165) is 29.2 Å². The Morgan fingerprint density at radius 3 is 2.85 bits per heavy atom.